The van der Waals surface area contributed by atoms with Gasteiger partial charge in [-0.2, -0.15) is 0 Å². The molecule has 0 aliphatic heterocycles. The number of nitrogens with one attached hydrogen (secondary N) is 1. The molecule has 3 aromatic rings. The van der Waals surface area contributed by atoms with Crippen LogP contribution in [0.3, 0.4) is 0 Å². The minimum Gasteiger partial charge on any atom is -0.350 e. The smallest absolute Gasteiger partial charge is 0.251 e. The molecule has 8 heteroatoms. The molecule has 0 unspecified atom stereocenters. The van der Waals surface area contributed by atoms with Gasteiger partial charge in [-0.25, -0.2) is 8.42 Å². The monoisotopic (exact) mass is 504 g/mol. The summed E-state index contributed by atoms with van der Waals surface area (Å²) in [5.41, 5.74) is 2.76. The molecular weight excluding hydrogens is 479 g/mol. The standard InChI is InChI=1S/C25H26Cl2N2O3S/c1-18(11-12-19-7-4-3-5-8-19)28-25(30)21-15-13-20(14-16-21)17-29(33(2,31)32)23-10-6-9-22(26)24(23)27/h3-10,13-16,18H,11-12,17H2,1-2H3,(H,28,30)/t18-/m1/s1. The second-order valence-corrected chi connectivity index (χ2v) is 10.6. The second-order valence-electron chi connectivity index (χ2n) is 7.94. The first-order chi connectivity index (χ1) is 15.6. The average molecular weight is 505 g/mol. The highest BCUT2D eigenvalue weighted by atomic mass is 35.5. The van der Waals surface area contributed by atoms with Gasteiger partial charge in [0, 0.05) is 11.6 Å². The lowest BCUT2D eigenvalue weighted by atomic mass is 10.1. The maximum Gasteiger partial charge on any atom is 0.251 e. The maximum atomic E-state index is 12.6. The van der Waals surface area contributed by atoms with Crippen molar-refractivity contribution in [1.29, 1.82) is 0 Å². The summed E-state index contributed by atoms with van der Waals surface area (Å²) in [7, 11) is -3.62. The van der Waals surface area contributed by atoms with Gasteiger partial charge in [0.2, 0.25) is 10.0 Å². The number of sulfonamides is 1. The summed E-state index contributed by atoms with van der Waals surface area (Å²) in [4.78, 5) is 12.6. The molecule has 1 amide bonds. The van der Waals surface area contributed by atoms with Gasteiger partial charge in [0.1, 0.15) is 0 Å². The maximum absolute atomic E-state index is 12.6. The zero-order valence-corrected chi connectivity index (χ0v) is 20.8. The van der Waals surface area contributed by atoms with Crippen LogP contribution in [0.4, 0.5) is 5.69 Å². The van der Waals surface area contributed by atoms with Crippen molar-refractivity contribution in [3.05, 3.63) is 99.5 Å². The highest BCUT2D eigenvalue weighted by molar-refractivity contribution is 7.92. The fourth-order valence-corrected chi connectivity index (χ4v) is 4.74. The molecule has 0 aliphatic carbocycles. The van der Waals surface area contributed by atoms with Crippen molar-refractivity contribution in [3.8, 4) is 0 Å². The van der Waals surface area contributed by atoms with Gasteiger partial charge in [0.25, 0.3) is 5.91 Å². The van der Waals surface area contributed by atoms with Gasteiger partial charge in [-0.3, -0.25) is 9.10 Å². The van der Waals surface area contributed by atoms with E-state index in [1.165, 1.54) is 9.87 Å². The molecule has 0 aliphatic rings. The Morgan fingerprint density at radius 1 is 0.939 bits per heavy atom. The Labute approximate surface area is 205 Å². The first-order valence-corrected chi connectivity index (χ1v) is 13.1. The summed E-state index contributed by atoms with van der Waals surface area (Å²) >= 11 is 12.3. The minimum atomic E-state index is -3.62. The van der Waals surface area contributed by atoms with Gasteiger partial charge < -0.3 is 5.32 Å². The van der Waals surface area contributed by atoms with Gasteiger partial charge in [-0.15, -0.1) is 0 Å². The first kappa shape index (κ1) is 25.1. The molecule has 0 fully saturated rings. The third kappa shape index (κ3) is 6.97. The number of aryl methyl sites for hydroxylation is 1. The molecule has 33 heavy (non-hydrogen) atoms. The van der Waals surface area contributed by atoms with Crippen LogP contribution in [0.1, 0.15) is 34.8 Å². The molecule has 174 valence electrons. The lowest BCUT2D eigenvalue weighted by Crippen LogP contribution is -2.33. The van der Waals surface area contributed by atoms with E-state index in [0.717, 1.165) is 19.1 Å². The predicted octanol–water partition coefficient (Wildman–Crippen LogP) is 5.71. The largest absolute Gasteiger partial charge is 0.350 e. The number of hydrogen-bond acceptors (Lipinski definition) is 3. The molecule has 1 atom stereocenters. The molecule has 0 aromatic heterocycles. The van der Waals surface area contributed by atoms with Gasteiger partial charge in [-0.05, 0) is 55.2 Å². The van der Waals surface area contributed by atoms with Crippen LogP contribution in [0.15, 0.2) is 72.8 Å². The Kier molecular flexibility index (Phi) is 8.40. The zero-order valence-electron chi connectivity index (χ0n) is 18.5. The Balaban J connectivity index is 1.65. The Hall–Kier alpha value is -2.54. The molecule has 0 saturated heterocycles. The van der Waals surface area contributed by atoms with Crippen LogP contribution < -0.4 is 9.62 Å². The van der Waals surface area contributed by atoms with Crippen LogP contribution in [0.25, 0.3) is 0 Å². The van der Waals surface area contributed by atoms with Crippen LogP contribution in [-0.4, -0.2) is 26.6 Å². The summed E-state index contributed by atoms with van der Waals surface area (Å²) in [6.45, 7) is 2.04. The van der Waals surface area contributed by atoms with E-state index >= 15 is 0 Å². The summed E-state index contributed by atoms with van der Waals surface area (Å²) in [5, 5.41) is 3.46. The number of amides is 1. The molecule has 3 rings (SSSR count). The predicted molar refractivity (Wildman–Crippen MR) is 136 cm³/mol. The third-order valence-electron chi connectivity index (χ3n) is 5.23. The highest BCUT2D eigenvalue weighted by Gasteiger charge is 2.22. The summed E-state index contributed by atoms with van der Waals surface area (Å²) in [5.74, 6) is -0.167. The molecule has 0 spiro atoms. The van der Waals surface area contributed by atoms with Crippen LogP contribution in [0.2, 0.25) is 10.0 Å². The molecule has 3 aromatic carbocycles. The fraction of sp³-hybridized carbons (Fsp3) is 0.240. The molecule has 0 saturated carbocycles. The number of carbonyl (C=O) groups is 1. The average Bonchev–Trinajstić information content (AvgIpc) is 2.78. The van der Waals surface area contributed by atoms with Crippen molar-refractivity contribution in [3.63, 3.8) is 0 Å². The van der Waals surface area contributed by atoms with Crippen molar-refractivity contribution < 1.29 is 13.2 Å². The van der Waals surface area contributed by atoms with Crippen molar-refractivity contribution in [2.45, 2.75) is 32.4 Å². The van der Waals surface area contributed by atoms with Crippen molar-refractivity contribution in [2.24, 2.45) is 0 Å². The number of rotatable bonds is 9. The summed E-state index contributed by atoms with van der Waals surface area (Å²) in [6, 6.07) is 21.9. The van der Waals surface area contributed by atoms with Crippen LogP contribution in [0.5, 0.6) is 0 Å². The quantitative estimate of drug-likeness (QED) is 0.405. The molecule has 0 bridgehead atoms. The Bertz CT molecular complexity index is 1200. The topological polar surface area (TPSA) is 66.5 Å². The molecule has 5 nitrogen and oxygen atoms in total. The number of benzene rings is 3. The summed E-state index contributed by atoms with van der Waals surface area (Å²) in [6.07, 6.45) is 2.83. The second kappa shape index (κ2) is 11.1. The van der Waals surface area contributed by atoms with E-state index in [4.69, 9.17) is 23.2 Å². The number of nitrogens with zero attached hydrogens (tertiary/aromatic N) is 1. The fourth-order valence-electron chi connectivity index (χ4n) is 3.40. The SMILES string of the molecule is C[C@H](CCc1ccccc1)NC(=O)c1ccc(CN(c2cccc(Cl)c2Cl)S(C)(=O)=O)cc1. The van der Waals surface area contributed by atoms with Crippen molar-refractivity contribution in [1.82, 2.24) is 5.32 Å². The van der Waals surface area contributed by atoms with Crippen LogP contribution >= 0.6 is 23.2 Å². The molecule has 0 radical (unpaired) electrons. The lowest BCUT2D eigenvalue weighted by Gasteiger charge is -2.24. The molecular formula is C25H26Cl2N2O3S. The van der Waals surface area contributed by atoms with Gasteiger partial charge in [0.15, 0.2) is 0 Å². The van der Waals surface area contributed by atoms with Gasteiger partial charge in [-0.1, -0.05) is 71.7 Å². The summed E-state index contributed by atoms with van der Waals surface area (Å²) < 4.78 is 26.0. The number of hydrogen-bond donors (Lipinski definition) is 1. The van der Waals surface area contributed by atoms with E-state index in [1.807, 2.05) is 25.1 Å². The normalized spacial score (nSPS) is 12.2. The number of halogens is 2. The lowest BCUT2D eigenvalue weighted by molar-refractivity contribution is 0.0938. The van der Waals surface area contributed by atoms with E-state index in [1.54, 1.807) is 42.5 Å². The zero-order chi connectivity index (χ0) is 24.0. The van der Waals surface area contributed by atoms with E-state index in [-0.39, 0.29) is 28.5 Å². The van der Waals surface area contributed by atoms with E-state index in [2.05, 4.69) is 17.4 Å². The van der Waals surface area contributed by atoms with E-state index in [9.17, 15) is 13.2 Å². The Morgan fingerprint density at radius 3 is 2.24 bits per heavy atom. The molecule has 0 heterocycles. The number of carbonyl (C=O) groups excluding carboxylic acids is 1. The van der Waals surface area contributed by atoms with Gasteiger partial charge in [0.05, 0.1) is 28.5 Å². The third-order valence-corrected chi connectivity index (χ3v) is 7.16. The highest BCUT2D eigenvalue weighted by Crippen LogP contribution is 2.34. The van der Waals surface area contributed by atoms with Gasteiger partial charge >= 0.3 is 0 Å². The first-order valence-electron chi connectivity index (χ1n) is 10.5. The Morgan fingerprint density at radius 2 is 1.61 bits per heavy atom. The van der Waals surface area contributed by atoms with E-state index < -0.39 is 10.0 Å². The van der Waals surface area contributed by atoms with Crippen LogP contribution in [-0.2, 0) is 23.0 Å². The number of anilines is 1. The van der Waals surface area contributed by atoms with Crippen molar-refractivity contribution >= 4 is 44.8 Å². The van der Waals surface area contributed by atoms with Crippen molar-refractivity contribution in [2.75, 3.05) is 10.6 Å². The van der Waals surface area contributed by atoms with E-state index in [0.29, 0.717) is 16.8 Å². The molecule has 1 N–H and O–H groups in total. The minimum absolute atomic E-state index is 0.0167. The van der Waals surface area contributed by atoms with Crippen LogP contribution in [0, 0.1) is 0 Å².